The van der Waals surface area contributed by atoms with Crippen molar-refractivity contribution in [2.75, 3.05) is 19.6 Å². The summed E-state index contributed by atoms with van der Waals surface area (Å²) in [4.78, 5) is 7.42. The number of hydrogen-bond donors (Lipinski definition) is 1. The van der Waals surface area contributed by atoms with Crippen LogP contribution in [-0.4, -0.2) is 35.1 Å². The summed E-state index contributed by atoms with van der Waals surface area (Å²) in [5.41, 5.74) is 1.74. The quantitative estimate of drug-likeness (QED) is 0.928. The lowest BCUT2D eigenvalue weighted by molar-refractivity contribution is 0.121. The zero-order valence-corrected chi connectivity index (χ0v) is 14.0. The monoisotopic (exact) mass is 293 g/mol. The minimum atomic E-state index is 0.167. The van der Waals surface area contributed by atoms with E-state index in [4.69, 9.17) is 4.98 Å². The summed E-state index contributed by atoms with van der Waals surface area (Å²) in [5.74, 6) is 0.895. The van der Waals surface area contributed by atoms with Crippen molar-refractivity contribution in [2.24, 2.45) is 5.92 Å². The minimum absolute atomic E-state index is 0.167. The van der Waals surface area contributed by atoms with Crippen LogP contribution in [0, 0.1) is 5.92 Å². The Morgan fingerprint density at radius 1 is 1.45 bits per heavy atom. The van der Waals surface area contributed by atoms with Gasteiger partial charge in [-0.25, -0.2) is 4.98 Å². The third-order valence-corrected chi connectivity index (χ3v) is 5.50. The molecule has 0 bridgehead atoms. The maximum absolute atomic E-state index is 4.84. The highest BCUT2D eigenvalue weighted by atomic mass is 32.1. The lowest BCUT2D eigenvalue weighted by Gasteiger charge is -2.41. The van der Waals surface area contributed by atoms with Crippen molar-refractivity contribution in [2.45, 2.75) is 58.0 Å². The van der Waals surface area contributed by atoms with Crippen LogP contribution in [0.3, 0.4) is 0 Å². The highest BCUT2D eigenvalue weighted by Crippen LogP contribution is 2.41. The molecule has 2 heterocycles. The maximum atomic E-state index is 4.84. The lowest BCUT2D eigenvalue weighted by Crippen LogP contribution is -2.59. The lowest BCUT2D eigenvalue weighted by atomic mass is 9.93. The predicted octanol–water partition coefficient (Wildman–Crippen LogP) is 3.01. The molecule has 1 saturated carbocycles. The SMILES string of the molecule is CC(C)(C)c1csc(CN2CCNC(C)(C3CC3)C2)n1. The van der Waals surface area contributed by atoms with Gasteiger partial charge < -0.3 is 5.32 Å². The number of thiazole rings is 1. The highest BCUT2D eigenvalue weighted by Gasteiger charge is 2.43. The molecule has 3 rings (SSSR count). The molecule has 1 saturated heterocycles. The van der Waals surface area contributed by atoms with Gasteiger partial charge in [0.05, 0.1) is 12.2 Å². The molecule has 1 aromatic heterocycles. The first-order valence-corrected chi connectivity index (χ1v) is 8.67. The molecule has 2 aliphatic rings. The van der Waals surface area contributed by atoms with Gasteiger partial charge in [0.2, 0.25) is 0 Å². The molecule has 0 spiro atoms. The summed E-state index contributed by atoms with van der Waals surface area (Å²) in [6.07, 6.45) is 2.81. The molecule has 0 aromatic carbocycles. The molecule has 1 N–H and O–H groups in total. The van der Waals surface area contributed by atoms with Crippen LogP contribution in [0.25, 0.3) is 0 Å². The van der Waals surface area contributed by atoms with Crippen molar-refractivity contribution in [3.63, 3.8) is 0 Å². The van der Waals surface area contributed by atoms with E-state index in [0.29, 0.717) is 5.54 Å². The summed E-state index contributed by atoms with van der Waals surface area (Å²) >= 11 is 1.82. The Balaban J connectivity index is 1.64. The molecular formula is C16H27N3S. The van der Waals surface area contributed by atoms with Gasteiger partial charge in [-0.3, -0.25) is 4.90 Å². The second-order valence-corrected chi connectivity index (χ2v) is 8.65. The molecule has 1 atom stereocenters. The van der Waals surface area contributed by atoms with Crippen LogP contribution in [0.5, 0.6) is 0 Å². The molecule has 1 unspecified atom stereocenters. The van der Waals surface area contributed by atoms with Gasteiger partial charge in [0.15, 0.2) is 0 Å². The second-order valence-electron chi connectivity index (χ2n) is 7.71. The highest BCUT2D eigenvalue weighted by molar-refractivity contribution is 7.09. The Labute approximate surface area is 126 Å². The number of piperazine rings is 1. The number of nitrogens with zero attached hydrogens (tertiary/aromatic N) is 2. The molecular weight excluding hydrogens is 266 g/mol. The van der Waals surface area contributed by atoms with Crippen molar-refractivity contribution in [3.05, 3.63) is 16.1 Å². The molecule has 1 aromatic rings. The third kappa shape index (κ3) is 3.07. The van der Waals surface area contributed by atoms with Gasteiger partial charge in [-0.15, -0.1) is 11.3 Å². The molecule has 0 amide bonds. The van der Waals surface area contributed by atoms with Crippen molar-refractivity contribution in [1.29, 1.82) is 0 Å². The molecule has 1 aliphatic heterocycles. The third-order valence-electron chi connectivity index (χ3n) is 4.67. The van der Waals surface area contributed by atoms with E-state index in [2.05, 4.69) is 43.3 Å². The molecule has 112 valence electrons. The van der Waals surface area contributed by atoms with E-state index < -0.39 is 0 Å². The summed E-state index contributed by atoms with van der Waals surface area (Å²) in [6.45, 7) is 13.6. The molecule has 3 nitrogen and oxygen atoms in total. The van der Waals surface area contributed by atoms with E-state index in [1.165, 1.54) is 30.1 Å². The van der Waals surface area contributed by atoms with Crippen LogP contribution in [-0.2, 0) is 12.0 Å². The molecule has 4 heteroatoms. The van der Waals surface area contributed by atoms with E-state index in [-0.39, 0.29) is 5.41 Å². The fourth-order valence-corrected chi connectivity index (χ4v) is 4.21. The van der Waals surface area contributed by atoms with Crippen LogP contribution in [0.1, 0.15) is 51.2 Å². The van der Waals surface area contributed by atoms with E-state index in [0.717, 1.165) is 25.6 Å². The van der Waals surface area contributed by atoms with Crippen molar-refractivity contribution >= 4 is 11.3 Å². The smallest absolute Gasteiger partial charge is 0.107 e. The largest absolute Gasteiger partial charge is 0.309 e. The predicted molar refractivity (Wildman–Crippen MR) is 85.2 cm³/mol. The van der Waals surface area contributed by atoms with Crippen LogP contribution < -0.4 is 5.32 Å². The van der Waals surface area contributed by atoms with Crippen LogP contribution in [0.2, 0.25) is 0 Å². The fraction of sp³-hybridized carbons (Fsp3) is 0.812. The van der Waals surface area contributed by atoms with E-state index in [1.54, 1.807) is 0 Å². The number of aromatic nitrogens is 1. The molecule has 0 radical (unpaired) electrons. The minimum Gasteiger partial charge on any atom is -0.309 e. The Morgan fingerprint density at radius 3 is 2.80 bits per heavy atom. The van der Waals surface area contributed by atoms with Crippen LogP contribution >= 0.6 is 11.3 Å². The Hall–Kier alpha value is -0.450. The zero-order chi connectivity index (χ0) is 14.4. The van der Waals surface area contributed by atoms with Crippen LogP contribution in [0.4, 0.5) is 0 Å². The number of hydrogen-bond acceptors (Lipinski definition) is 4. The topological polar surface area (TPSA) is 28.2 Å². The van der Waals surface area contributed by atoms with E-state index in [1.807, 2.05) is 11.3 Å². The van der Waals surface area contributed by atoms with Gasteiger partial charge in [0, 0.05) is 36.0 Å². The normalized spacial score (nSPS) is 28.8. The summed E-state index contributed by atoms with van der Waals surface area (Å²) in [7, 11) is 0. The molecule has 2 fully saturated rings. The summed E-state index contributed by atoms with van der Waals surface area (Å²) in [5, 5.41) is 7.25. The van der Waals surface area contributed by atoms with Gasteiger partial charge in [0.1, 0.15) is 5.01 Å². The Kier molecular flexibility index (Phi) is 3.68. The van der Waals surface area contributed by atoms with E-state index >= 15 is 0 Å². The number of rotatable bonds is 3. The zero-order valence-electron chi connectivity index (χ0n) is 13.2. The van der Waals surface area contributed by atoms with Crippen molar-refractivity contribution in [1.82, 2.24) is 15.2 Å². The maximum Gasteiger partial charge on any atom is 0.107 e. The van der Waals surface area contributed by atoms with Crippen molar-refractivity contribution in [3.8, 4) is 0 Å². The first-order chi connectivity index (χ1) is 9.37. The first kappa shape index (κ1) is 14.5. The van der Waals surface area contributed by atoms with Gasteiger partial charge in [-0.05, 0) is 25.7 Å². The molecule has 20 heavy (non-hydrogen) atoms. The van der Waals surface area contributed by atoms with Gasteiger partial charge in [-0.1, -0.05) is 20.8 Å². The molecule has 1 aliphatic carbocycles. The Bertz CT molecular complexity index is 472. The van der Waals surface area contributed by atoms with Crippen molar-refractivity contribution < 1.29 is 0 Å². The standard InChI is InChI=1S/C16H27N3S/c1-15(2,3)13-10-20-14(18-13)9-19-8-7-17-16(4,11-19)12-5-6-12/h10,12,17H,5-9,11H2,1-4H3. The van der Waals surface area contributed by atoms with Gasteiger partial charge >= 0.3 is 0 Å². The fourth-order valence-electron chi connectivity index (χ4n) is 3.15. The first-order valence-electron chi connectivity index (χ1n) is 7.79. The number of nitrogens with one attached hydrogen (secondary N) is 1. The van der Waals surface area contributed by atoms with Crippen LogP contribution in [0.15, 0.2) is 5.38 Å². The average molecular weight is 293 g/mol. The summed E-state index contributed by atoms with van der Waals surface area (Å²) in [6, 6.07) is 0. The summed E-state index contributed by atoms with van der Waals surface area (Å²) < 4.78 is 0. The van der Waals surface area contributed by atoms with Gasteiger partial charge in [0.25, 0.3) is 0 Å². The average Bonchev–Trinajstić information content (AvgIpc) is 3.10. The van der Waals surface area contributed by atoms with E-state index in [9.17, 15) is 0 Å². The Morgan fingerprint density at radius 2 is 2.20 bits per heavy atom. The second kappa shape index (κ2) is 5.08. The van der Waals surface area contributed by atoms with Gasteiger partial charge in [-0.2, -0.15) is 0 Å².